The minimum atomic E-state index is -0.511. The minimum absolute atomic E-state index is 0.118. The quantitative estimate of drug-likeness (QED) is 0.647. The van der Waals surface area contributed by atoms with Gasteiger partial charge < -0.3 is 10.1 Å². The summed E-state index contributed by atoms with van der Waals surface area (Å²) >= 11 is 3.18. The van der Waals surface area contributed by atoms with E-state index >= 15 is 0 Å². The molecule has 5 nitrogen and oxygen atoms in total. The van der Waals surface area contributed by atoms with E-state index in [1.54, 1.807) is 18.2 Å². The van der Waals surface area contributed by atoms with Gasteiger partial charge >= 0.3 is 5.69 Å². The molecule has 0 amide bonds. The first-order valence-corrected chi connectivity index (χ1v) is 6.81. The molecule has 0 saturated heterocycles. The van der Waals surface area contributed by atoms with E-state index < -0.39 is 10.7 Å². The summed E-state index contributed by atoms with van der Waals surface area (Å²) in [5.74, 6) is -0.203. The Balaban J connectivity index is 2.16. The molecule has 0 radical (unpaired) electrons. The zero-order valence-corrected chi connectivity index (χ0v) is 12.7. The predicted octanol–water partition coefficient (Wildman–Crippen LogP) is 4.12. The zero-order chi connectivity index (χ0) is 15.4. The normalized spacial score (nSPS) is 10.2. The van der Waals surface area contributed by atoms with Crippen LogP contribution in [0.4, 0.5) is 15.8 Å². The van der Waals surface area contributed by atoms with Gasteiger partial charge in [0.15, 0.2) is 5.75 Å². The molecular formula is C14H12BrFN2O3. The molecule has 0 unspecified atom stereocenters. The van der Waals surface area contributed by atoms with Crippen LogP contribution in [0, 0.1) is 15.9 Å². The van der Waals surface area contributed by atoms with Crippen molar-refractivity contribution < 1.29 is 14.1 Å². The maximum atomic E-state index is 13.7. The Bertz CT molecular complexity index is 679. The molecule has 0 aliphatic heterocycles. The number of hydrogen-bond donors (Lipinski definition) is 1. The fourth-order valence-electron chi connectivity index (χ4n) is 1.82. The SMILES string of the molecule is COc1ccc(CNc2ccc(Br)cc2F)cc1[N+](=O)[O-]. The molecule has 2 aromatic carbocycles. The number of nitrogens with one attached hydrogen (secondary N) is 1. The third-order valence-electron chi connectivity index (χ3n) is 2.85. The number of rotatable bonds is 5. The van der Waals surface area contributed by atoms with E-state index in [0.29, 0.717) is 15.7 Å². The monoisotopic (exact) mass is 354 g/mol. The lowest BCUT2D eigenvalue weighted by Gasteiger charge is -2.09. The smallest absolute Gasteiger partial charge is 0.311 e. The van der Waals surface area contributed by atoms with Gasteiger partial charge in [-0.05, 0) is 29.8 Å². The first-order valence-electron chi connectivity index (χ1n) is 6.01. The summed E-state index contributed by atoms with van der Waals surface area (Å²) in [6.45, 7) is 0.267. The van der Waals surface area contributed by atoms with Crippen LogP contribution < -0.4 is 10.1 Å². The Morgan fingerprint density at radius 3 is 2.71 bits per heavy atom. The molecule has 0 aliphatic carbocycles. The number of hydrogen-bond acceptors (Lipinski definition) is 4. The maximum absolute atomic E-state index is 13.7. The van der Waals surface area contributed by atoms with Gasteiger partial charge in [-0.3, -0.25) is 10.1 Å². The molecule has 0 atom stereocenters. The Morgan fingerprint density at radius 1 is 1.33 bits per heavy atom. The first kappa shape index (κ1) is 15.2. The second-order valence-electron chi connectivity index (χ2n) is 4.24. The number of ether oxygens (including phenoxy) is 1. The summed E-state index contributed by atoms with van der Waals surface area (Å²) in [6.07, 6.45) is 0. The highest BCUT2D eigenvalue weighted by Gasteiger charge is 2.15. The molecular weight excluding hydrogens is 343 g/mol. The van der Waals surface area contributed by atoms with E-state index in [1.165, 1.54) is 25.3 Å². The van der Waals surface area contributed by atoms with Gasteiger partial charge in [-0.1, -0.05) is 22.0 Å². The average Bonchev–Trinajstić information content (AvgIpc) is 2.46. The molecule has 0 spiro atoms. The van der Waals surface area contributed by atoms with Crippen molar-refractivity contribution >= 4 is 27.3 Å². The summed E-state index contributed by atoms with van der Waals surface area (Å²) in [5.41, 5.74) is 0.870. The molecule has 2 aromatic rings. The van der Waals surface area contributed by atoms with E-state index in [-0.39, 0.29) is 18.0 Å². The van der Waals surface area contributed by atoms with Crippen molar-refractivity contribution in [2.24, 2.45) is 0 Å². The number of nitro benzene ring substituents is 1. The number of anilines is 1. The van der Waals surface area contributed by atoms with Crippen LogP contribution in [-0.4, -0.2) is 12.0 Å². The Morgan fingerprint density at radius 2 is 2.10 bits per heavy atom. The van der Waals surface area contributed by atoms with Gasteiger partial charge in [-0.15, -0.1) is 0 Å². The van der Waals surface area contributed by atoms with Crippen LogP contribution in [0.3, 0.4) is 0 Å². The molecule has 7 heteroatoms. The summed E-state index contributed by atoms with van der Waals surface area (Å²) < 4.78 is 19.2. The fraction of sp³-hybridized carbons (Fsp3) is 0.143. The molecule has 2 rings (SSSR count). The summed E-state index contributed by atoms with van der Waals surface area (Å²) in [7, 11) is 1.37. The molecule has 0 heterocycles. The zero-order valence-electron chi connectivity index (χ0n) is 11.1. The number of halogens is 2. The van der Waals surface area contributed by atoms with Crippen LogP contribution >= 0.6 is 15.9 Å². The van der Waals surface area contributed by atoms with Gasteiger partial charge in [0.2, 0.25) is 0 Å². The minimum Gasteiger partial charge on any atom is -0.490 e. The van der Waals surface area contributed by atoms with Crippen LogP contribution in [0.2, 0.25) is 0 Å². The predicted molar refractivity (Wildman–Crippen MR) is 81.1 cm³/mol. The third-order valence-corrected chi connectivity index (χ3v) is 3.35. The lowest BCUT2D eigenvalue weighted by molar-refractivity contribution is -0.385. The molecule has 0 bridgehead atoms. The van der Waals surface area contributed by atoms with Crippen molar-refractivity contribution in [3.8, 4) is 5.75 Å². The number of benzene rings is 2. The first-order chi connectivity index (χ1) is 10.0. The lowest BCUT2D eigenvalue weighted by Crippen LogP contribution is -2.03. The Labute approximate surface area is 129 Å². The molecule has 0 saturated carbocycles. The summed E-state index contributed by atoms with van der Waals surface area (Å²) in [5, 5.41) is 13.8. The Kier molecular flexibility index (Phi) is 4.74. The van der Waals surface area contributed by atoms with E-state index in [1.807, 2.05) is 0 Å². The van der Waals surface area contributed by atoms with Crippen molar-refractivity contribution in [3.63, 3.8) is 0 Å². The highest BCUT2D eigenvalue weighted by atomic mass is 79.9. The summed E-state index contributed by atoms with van der Waals surface area (Å²) in [6, 6.07) is 9.27. The van der Waals surface area contributed by atoms with Gasteiger partial charge in [-0.25, -0.2) is 4.39 Å². The van der Waals surface area contributed by atoms with Crippen LogP contribution in [0.15, 0.2) is 40.9 Å². The van der Waals surface area contributed by atoms with Gasteiger partial charge in [-0.2, -0.15) is 0 Å². The highest BCUT2D eigenvalue weighted by Crippen LogP contribution is 2.28. The largest absolute Gasteiger partial charge is 0.490 e. The molecule has 21 heavy (non-hydrogen) atoms. The van der Waals surface area contributed by atoms with Gasteiger partial charge in [0.05, 0.1) is 17.7 Å². The van der Waals surface area contributed by atoms with E-state index in [4.69, 9.17) is 4.74 Å². The average molecular weight is 355 g/mol. The molecule has 1 N–H and O–H groups in total. The van der Waals surface area contributed by atoms with Crippen molar-refractivity contribution in [1.29, 1.82) is 0 Å². The second kappa shape index (κ2) is 6.53. The molecule has 0 fully saturated rings. The van der Waals surface area contributed by atoms with Crippen molar-refractivity contribution in [3.05, 3.63) is 62.4 Å². The lowest BCUT2D eigenvalue weighted by atomic mass is 10.2. The van der Waals surface area contributed by atoms with E-state index in [0.717, 1.165) is 0 Å². The molecule has 0 aliphatic rings. The van der Waals surface area contributed by atoms with Crippen molar-refractivity contribution in [1.82, 2.24) is 0 Å². The van der Waals surface area contributed by atoms with Gasteiger partial charge in [0.25, 0.3) is 0 Å². The van der Waals surface area contributed by atoms with Crippen molar-refractivity contribution in [2.75, 3.05) is 12.4 Å². The van der Waals surface area contributed by atoms with E-state index in [9.17, 15) is 14.5 Å². The molecule has 110 valence electrons. The number of methoxy groups -OCH3 is 1. The van der Waals surface area contributed by atoms with Gasteiger partial charge in [0.1, 0.15) is 5.82 Å². The topological polar surface area (TPSA) is 64.4 Å². The molecule has 0 aromatic heterocycles. The number of nitro groups is 1. The van der Waals surface area contributed by atoms with E-state index in [2.05, 4.69) is 21.2 Å². The highest BCUT2D eigenvalue weighted by molar-refractivity contribution is 9.10. The van der Waals surface area contributed by atoms with Gasteiger partial charge in [0, 0.05) is 17.1 Å². The van der Waals surface area contributed by atoms with Crippen LogP contribution in [0.1, 0.15) is 5.56 Å². The third kappa shape index (κ3) is 3.69. The van der Waals surface area contributed by atoms with Crippen LogP contribution in [-0.2, 0) is 6.54 Å². The Hall–Kier alpha value is -2.15. The number of nitrogens with zero attached hydrogens (tertiary/aromatic N) is 1. The second-order valence-corrected chi connectivity index (χ2v) is 5.16. The fourth-order valence-corrected chi connectivity index (χ4v) is 2.15. The van der Waals surface area contributed by atoms with Crippen molar-refractivity contribution in [2.45, 2.75) is 6.54 Å². The van der Waals surface area contributed by atoms with Crippen LogP contribution in [0.25, 0.3) is 0 Å². The maximum Gasteiger partial charge on any atom is 0.311 e. The van der Waals surface area contributed by atoms with Crippen LogP contribution in [0.5, 0.6) is 5.75 Å². The summed E-state index contributed by atoms with van der Waals surface area (Å²) in [4.78, 5) is 10.4. The standard InChI is InChI=1S/C14H12BrFN2O3/c1-21-14-5-2-9(6-13(14)18(19)20)8-17-12-4-3-10(15)7-11(12)16/h2-7,17H,8H2,1H3.